The minimum absolute atomic E-state index is 0.434. The van der Waals surface area contributed by atoms with Crippen LogP contribution in [-0.4, -0.2) is 30.3 Å². The molecule has 1 saturated carbocycles. The van der Waals surface area contributed by atoms with Crippen LogP contribution in [0.3, 0.4) is 0 Å². The first-order valence-corrected chi connectivity index (χ1v) is 6.92. The number of carbonyl (C=O) groups excluding carboxylic acids is 1. The summed E-state index contributed by atoms with van der Waals surface area (Å²) in [7, 11) is 0. The third-order valence-corrected chi connectivity index (χ3v) is 4.22. The Morgan fingerprint density at radius 2 is 1.94 bits per heavy atom. The number of carbonyl (C=O) groups is 1. The summed E-state index contributed by atoms with van der Waals surface area (Å²) < 4.78 is 0. The van der Waals surface area contributed by atoms with Crippen molar-refractivity contribution in [3.05, 3.63) is 0 Å². The van der Waals surface area contributed by atoms with E-state index in [-0.39, 0.29) is 0 Å². The molecule has 2 aliphatic rings. The van der Waals surface area contributed by atoms with E-state index in [4.69, 9.17) is 0 Å². The predicted molar refractivity (Wildman–Crippen MR) is 66.4 cm³/mol. The van der Waals surface area contributed by atoms with Crippen molar-refractivity contribution in [2.45, 2.75) is 46.0 Å². The van der Waals surface area contributed by atoms with Crippen LogP contribution in [-0.2, 0) is 4.79 Å². The zero-order valence-corrected chi connectivity index (χ0v) is 10.7. The molecule has 0 aromatic carbocycles. The standard InChI is InChI=1S/C14H25NO/c1-11(2)12-4-3-8-15(9-7-12)10-14(16)13-5-6-13/h11-13H,3-10H2,1-2H3. The van der Waals surface area contributed by atoms with Crippen LogP contribution in [0, 0.1) is 17.8 Å². The number of Topliss-reactive ketones (excluding diaryl/α,β-unsaturated/α-hetero) is 1. The van der Waals surface area contributed by atoms with Gasteiger partial charge in [-0.3, -0.25) is 9.69 Å². The van der Waals surface area contributed by atoms with Crippen LogP contribution < -0.4 is 0 Å². The van der Waals surface area contributed by atoms with E-state index in [9.17, 15) is 4.79 Å². The van der Waals surface area contributed by atoms with Gasteiger partial charge >= 0.3 is 0 Å². The van der Waals surface area contributed by atoms with E-state index in [0.29, 0.717) is 11.7 Å². The molecule has 16 heavy (non-hydrogen) atoms. The number of nitrogens with zero attached hydrogens (tertiary/aromatic N) is 1. The van der Waals surface area contributed by atoms with E-state index in [1.54, 1.807) is 0 Å². The van der Waals surface area contributed by atoms with Gasteiger partial charge in [0.1, 0.15) is 5.78 Å². The van der Waals surface area contributed by atoms with Crippen molar-refractivity contribution in [2.75, 3.05) is 19.6 Å². The fourth-order valence-electron chi connectivity index (χ4n) is 2.76. The Bertz CT molecular complexity index is 245. The average Bonchev–Trinajstić information content (AvgIpc) is 3.04. The first-order valence-electron chi connectivity index (χ1n) is 6.92. The molecule has 1 atom stereocenters. The molecule has 1 heterocycles. The third kappa shape index (κ3) is 3.31. The number of hydrogen-bond acceptors (Lipinski definition) is 2. The van der Waals surface area contributed by atoms with E-state index in [0.717, 1.165) is 44.3 Å². The van der Waals surface area contributed by atoms with Crippen LogP contribution >= 0.6 is 0 Å². The van der Waals surface area contributed by atoms with Gasteiger partial charge in [0.05, 0.1) is 6.54 Å². The fraction of sp³-hybridized carbons (Fsp3) is 0.929. The van der Waals surface area contributed by atoms with E-state index >= 15 is 0 Å². The van der Waals surface area contributed by atoms with Gasteiger partial charge in [0.25, 0.3) is 0 Å². The van der Waals surface area contributed by atoms with Gasteiger partial charge in [-0.2, -0.15) is 0 Å². The summed E-state index contributed by atoms with van der Waals surface area (Å²) in [6.07, 6.45) is 6.23. The van der Waals surface area contributed by atoms with Gasteiger partial charge in [-0.15, -0.1) is 0 Å². The Kier molecular flexibility index (Phi) is 4.01. The molecule has 0 aromatic rings. The lowest BCUT2D eigenvalue weighted by atomic mass is 9.89. The molecule has 0 aromatic heterocycles. The van der Waals surface area contributed by atoms with Crippen LogP contribution in [0.5, 0.6) is 0 Å². The molecule has 0 N–H and O–H groups in total. The van der Waals surface area contributed by atoms with E-state index < -0.39 is 0 Å². The topological polar surface area (TPSA) is 20.3 Å². The third-order valence-electron chi connectivity index (χ3n) is 4.22. The van der Waals surface area contributed by atoms with Gasteiger partial charge in [-0.05, 0) is 57.0 Å². The Balaban J connectivity index is 1.76. The molecule has 1 unspecified atom stereocenters. The molecule has 0 radical (unpaired) electrons. The first-order chi connectivity index (χ1) is 7.66. The second-order valence-electron chi connectivity index (χ2n) is 5.95. The average molecular weight is 223 g/mol. The summed E-state index contributed by atoms with van der Waals surface area (Å²) in [5, 5.41) is 0. The summed E-state index contributed by atoms with van der Waals surface area (Å²) in [4.78, 5) is 14.2. The lowest BCUT2D eigenvalue weighted by Gasteiger charge is -2.20. The van der Waals surface area contributed by atoms with Gasteiger partial charge in [0.2, 0.25) is 0 Å². The van der Waals surface area contributed by atoms with Crippen LogP contribution in [0.4, 0.5) is 0 Å². The summed E-state index contributed by atoms with van der Waals surface area (Å²) >= 11 is 0. The number of rotatable bonds is 4. The molecule has 2 heteroatoms. The number of likely N-dealkylation sites (tertiary alicyclic amines) is 1. The Hall–Kier alpha value is -0.370. The predicted octanol–water partition coefficient (Wildman–Crippen LogP) is 2.72. The smallest absolute Gasteiger partial charge is 0.149 e. The van der Waals surface area contributed by atoms with Gasteiger partial charge < -0.3 is 0 Å². The largest absolute Gasteiger partial charge is 0.298 e. The van der Waals surface area contributed by atoms with Crippen molar-refractivity contribution in [2.24, 2.45) is 17.8 Å². The zero-order chi connectivity index (χ0) is 11.5. The molecule has 0 bridgehead atoms. The van der Waals surface area contributed by atoms with E-state index in [1.165, 1.54) is 19.3 Å². The summed E-state index contributed by atoms with van der Waals surface area (Å²) in [6.45, 7) is 7.67. The molecule has 2 nitrogen and oxygen atoms in total. The SMILES string of the molecule is CC(C)C1CCCN(CC(=O)C2CC2)CC1. The number of ketones is 1. The Morgan fingerprint density at radius 1 is 1.19 bits per heavy atom. The van der Waals surface area contributed by atoms with E-state index in [1.807, 2.05) is 0 Å². The monoisotopic (exact) mass is 223 g/mol. The normalized spacial score (nSPS) is 28.1. The second kappa shape index (κ2) is 5.31. The molecule has 0 amide bonds. The van der Waals surface area contributed by atoms with Gasteiger partial charge in [-0.1, -0.05) is 13.8 Å². The summed E-state index contributed by atoms with van der Waals surface area (Å²) in [5.74, 6) is 2.62. The fourth-order valence-corrected chi connectivity index (χ4v) is 2.76. The molecule has 2 rings (SSSR count). The lowest BCUT2D eigenvalue weighted by molar-refractivity contribution is -0.121. The molecule has 1 aliphatic heterocycles. The molecular weight excluding hydrogens is 198 g/mol. The highest BCUT2D eigenvalue weighted by molar-refractivity contribution is 5.84. The minimum atomic E-state index is 0.434. The quantitative estimate of drug-likeness (QED) is 0.730. The van der Waals surface area contributed by atoms with Crippen molar-refractivity contribution in [1.29, 1.82) is 0 Å². The lowest BCUT2D eigenvalue weighted by Crippen LogP contribution is -2.31. The van der Waals surface area contributed by atoms with Gasteiger partial charge in [-0.25, -0.2) is 0 Å². The van der Waals surface area contributed by atoms with E-state index in [2.05, 4.69) is 18.7 Å². The molecule has 1 saturated heterocycles. The maximum Gasteiger partial charge on any atom is 0.149 e. The zero-order valence-electron chi connectivity index (χ0n) is 10.7. The maximum atomic E-state index is 11.8. The number of hydrogen-bond donors (Lipinski definition) is 0. The Labute approximate surface area is 99.4 Å². The van der Waals surface area contributed by atoms with Gasteiger partial charge in [0.15, 0.2) is 0 Å². The van der Waals surface area contributed by atoms with Crippen LogP contribution in [0.15, 0.2) is 0 Å². The van der Waals surface area contributed by atoms with Crippen LogP contribution in [0.2, 0.25) is 0 Å². The van der Waals surface area contributed by atoms with Crippen molar-refractivity contribution in [1.82, 2.24) is 4.90 Å². The highest BCUT2D eigenvalue weighted by Crippen LogP contribution is 2.30. The van der Waals surface area contributed by atoms with Gasteiger partial charge in [0, 0.05) is 5.92 Å². The molecule has 1 aliphatic carbocycles. The summed E-state index contributed by atoms with van der Waals surface area (Å²) in [5.41, 5.74) is 0. The van der Waals surface area contributed by atoms with Crippen LogP contribution in [0.25, 0.3) is 0 Å². The van der Waals surface area contributed by atoms with Crippen LogP contribution in [0.1, 0.15) is 46.0 Å². The van der Waals surface area contributed by atoms with Crippen molar-refractivity contribution < 1.29 is 4.79 Å². The highest BCUT2D eigenvalue weighted by atomic mass is 16.1. The first kappa shape index (κ1) is 12.1. The highest BCUT2D eigenvalue weighted by Gasteiger charge is 2.31. The molecular formula is C14H25NO. The molecule has 2 fully saturated rings. The van der Waals surface area contributed by atoms with Crippen molar-refractivity contribution in [3.63, 3.8) is 0 Å². The van der Waals surface area contributed by atoms with Crippen molar-refractivity contribution in [3.8, 4) is 0 Å². The van der Waals surface area contributed by atoms with Crippen molar-refractivity contribution >= 4 is 5.78 Å². The maximum absolute atomic E-state index is 11.8. The molecule has 92 valence electrons. The Morgan fingerprint density at radius 3 is 2.56 bits per heavy atom. The second-order valence-corrected chi connectivity index (χ2v) is 5.95. The summed E-state index contributed by atoms with van der Waals surface area (Å²) in [6, 6.07) is 0. The minimum Gasteiger partial charge on any atom is -0.298 e. The molecule has 0 spiro atoms.